The quantitative estimate of drug-likeness (QED) is 0.782. The van der Waals surface area contributed by atoms with E-state index in [1.807, 2.05) is 0 Å². The van der Waals surface area contributed by atoms with Gasteiger partial charge in [0, 0.05) is 26.9 Å². The molecule has 20 heavy (non-hydrogen) atoms. The maximum Gasteiger partial charge on any atom is 0.345 e. The molecule has 2 heterocycles. The molecule has 2 aromatic heterocycles. The SMILES string of the molecule is CCn1c(=O)n(CC)c2c1n(C(C)=O)c(=O)n2C(C)=O. The molecule has 8 nitrogen and oxygen atoms in total. The fourth-order valence-corrected chi connectivity index (χ4v) is 2.43. The van der Waals surface area contributed by atoms with E-state index in [1.54, 1.807) is 13.8 Å². The molecule has 0 spiro atoms. The van der Waals surface area contributed by atoms with Crippen LogP contribution in [0.15, 0.2) is 9.59 Å². The normalized spacial score (nSPS) is 11.2. The van der Waals surface area contributed by atoms with Gasteiger partial charge < -0.3 is 0 Å². The summed E-state index contributed by atoms with van der Waals surface area (Å²) < 4.78 is 4.38. The molecule has 0 aliphatic carbocycles. The molecule has 0 amide bonds. The topological polar surface area (TPSA) is 88.0 Å². The third kappa shape index (κ3) is 1.60. The predicted octanol–water partition coefficient (Wildman–Crippen LogP) is 0.126. The van der Waals surface area contributed by atoms with Crippen LogP contribution in [0.25, 0.3) is 11.3 Å². The minimum Gasteiger partial charge on any atom is -0.276 e. The number of hydrogen-bond acceptors (Lipinski definition) is 4. The molecular formula is C12H16N4O4. The lowest BCUT2D eigenvalue weighted by molar-refractivity contribution is 0.0923. The van der Waals surface area contributed by atoms with Gasteiger partial charge in [0.05, 0.1) is 0 Å². The summed E-state index contributed by atoms with van der Waals surface area (Å²) in [6, 6.07) is 0. The van der Waals surface area contributed by atoms with Gasteiger partial charge in [-0.05, 0) is 13.8 Å². The van der Waals surface area contributed by atoms with Crippen LogP contribution in [0.5, 0.6) is 0 Å². The molecule has 0 atom stereocenters. The van der Waals surface area contributed by atoms with Crippen molar-refractivity contribution in [3.05, 3.63) is 21.0 Å². The van der Waals surface area contributed by atoms with Crippen LogP contribution >= 0.6 is 0 Å². The van der Waals surface area contributed by atoms with Crippen molar-refractivity contribution >= 4 is 23.1 Å². The first-order valence-electron chi connectivity index (χ1n) is 6.35. The molecule has 0 radical (unpaired) electrons. The van der Waals surface area contributed by atoms with Crippen LogP contribution in [0.2, 0.25) is 0 Å². The van der Waals surface area contributed by atoms with Crippen molar-refractivity contribution in [1.29, 1.82) is 0 Å². The number of fused-ring (bicyclic) bond motifs is 1. The van der Waals surface area contributed by atoms with Crippen LogP contribution in [0.1, 0.15) is 37.3 Å². The molecule has 2 rings (SSSR count). The molecule has 0 saturated carbocycles. The summed E-state index contributed by atoms with van der Waals surface area (Å²) >= 11 is 0. The van der Waals surface area contributed by atoms with Crippen LogP contribution in [0, 0.1) is 0 Å². The second-order valence-corrected chi connectivity index (χ2v) is 4.41. The highest BCUT2D eigenvalue weighted by Crippen LogP contribution is 2.12. The van der Waals surface area contributed by atoms with E-state index in [0.717, 1.165) is 9.13 Å². The molecular weight excluding hydrogens is 264 g/mol. The highest BCUT2D eigenvalue weighted by Gasteiger charge is 2.26. The van der Waals surface area contributed by atoms with Gasteiger partial charge in [-0.1, -0.05) is 0 Å². The lowest BCUT2D eigenvalue weighted by Crippen LogP contribution is -2.34. The van der Waals surface area contributed by atoms with E-state index in [-0.39, 0.29) is 17.0 Å². The van der Waals surface area contributed by atoms with Gasteiger partial charge in [-0.3, -0.25) is 18.7 Å². The Balaban J connectivity index is 3.21. The molecule has 0 saturated heterocycles. The van der Waals surface area contributed by atoms with E-state index >= 15 is 0 Å². The second kappa shape index (κ2) is 4.62. The molecule has 0 aliphatic rings. The van der Waals surface area contributed by atoms with E-state index in [4.69, 9.17) is 0 Å². The van der Waals surface area contributed by atoms with Crippen molar-refractivity contribution in [2.24, 2.45) is 0 Å². The Bertz CT molecular complexity index is 767. The van der Waals surface area contributed by atoms with Crippen molar-refractivity contribution in [3.63, 3.8) is 0 Å². The van der Waals surface area contributed by atoms with Crippen molar-refractivity contribution < 1.29 is 9.59 Å². The Kier molecular flexibility index (Phi) is 3.24. The Hall–Kier alpha value is -2.38. The van der Waals surface area contributed by atoms with Crippen molar-refractivity contribution in [3.8, 4) is 0 Å². The molecule has 0 aromatic carbocycles. The third-order valence-corrected chi connectivity index (χ3v) is 3.24. The molecule has 0 N–H and O–H groups in total. The Labute approximate surface area is 113 Å². The first-order chi connectivity index (χ1) is 9.36. The van der Waals surface area contributed by atoms with Crippen LogP contribution < -0.4 is 11.4 Å². The van der Waals surface area contributed by atoms with Crippen LogP contribution in [0.3, 0.4) is 0 Å². The average Bonchev–Trinajstić information content (AvgIpc) is 2.78. The second-order valence-electron chi connectivity index (χ2n) is 4.41. The van der Waals surface area contributed by atoms with Gasteiger partial charge in [-0.25, -0.2) is 18.7 Å². The highest BCUT2D eigenvalue weighted by atomic mass is 16.2. The summed E-state index contributed by atoms with van der Waals surface area (Å²) in [5, 5.41) is 0. The van der Waals surface area contributed by atoms with Gasteiger partial charge in [-0.2, -0.15) is 0 Å². The summed E-state index contributed by atoms with van der Waals surface area (Å²) in [6.07, 6.45) is 0. The standard InChI is InChI=1S/C12H16N4O4/c1-5-13-9-10(14(6-2)11(13)19)16(8(4)18)12(20)15(9)7(3)17/h5-6H2,1-4H3. The number of aromatic nitrogens is 4. The number of hydrogen-bond donors (Lipinski definition) is 0. The number of nitrogens with zero attached hydrogens (tertiary/aromatic N) is 4. The van der Waals surface area contributed by atoms with Crippen LogP contribution in [0.4, 0.5) is 0 Å². The van der Waals surface area contributed by atoms with E-state index in [9.17, 15) is 19.2 Å². The zero-order valence-corrected chi connectivity index (χ0v) is 11.8. The van der Waals surface area contributed by atoms with E-state index in [2.05, 4.69) is 0 Å². The molecule has 108 valence electrons. The maximum absolute atomic E-state index is 12.2. The van der Waals surface area contributed by atoms with E-state index in [1.165, 1.54) is 23.0 Å². The molecule has 0 aliphatic heterocycles. The number of carbonyl (C=O) groups is 2. The number of aryl methyl sites for hydroxylation is 2. The summed E-state index contributed by atoms with van der Waals surface area (Å²) in [6.45, 7) is 6.52. The smallest absolute Gasteiger partial charge is 0.276 e. The Morgan fingerprint density at radius 2 is 1.15 bits per heavy atom. The van der Waals surface area contributed by atoms with Gasteiger partial charge in [0.2, 0.25) is 11.8 Å². The predicted molar refractivity (Wildman–Crippen MR) is 72.4 cm³/mol. The largest absolute Gasteiger partial charge is 0.345 e. The van der Waals surface area contributed by atoms with Gasteiger partial charge in [-0.15, -0.1) is 0 Å². The van der Waals surface area contributed by atoms with Crippen LogP contribution in [-0.4, -0.2) is 30.1 Å². The minimum absolute atomic E-state index is 0.173. The highest BCUT2D eigenvalue weighted by molar-refractivity contribution is 5.92. The van der Waals surface area contributed by atoms with Gasteiger partial charge in [0.1, 0.15) is 0 Å². The molecule has 2 aromatic rings. The number of imidazole rings is 2. The summed E-state index contributed by atoms with van der Waals surface area (Å²) in [4.78, 5) is 47.9. The van der Waals surface area contributed by atoms with Crippen LogP contribution in [-0.2, 0) is 13.1 Å². The fraction of sp³-hybridized carbons (Fsp3) is 0.500. The average molecular weight is 280 g/mol. The summed E-state index contributed by atoms with van der Waals surface area (Å²) in [5.74, 6) is -1.06. The van der Waals surface area contributed by atoms with Gasteiger partial charge in [0.15, 0.2) is 11.3 Å². The van der Waals surface area contributed by atoms with Gasteiger partial charge >= 0.3 is 11.4 Å². The zero-order valence-electron chi connectivity index (χ0n) is 11.8. The van der Waals surface area contributed by atoms with Crippen molar-refractivity contribution in [2.45, 2.75) is 40.8 Å². The third-order valence-electron chi connectivity index (χ3n) is 3.24. The number of rotatable bonds is 2. The van der Waals surface area contributed by atoms with E-state index < -0.39 is 17.5 Å². The van der Waals surface area contributed by atoms with Crippen molar-refractivity contribution in [1.82, 2.24) is 18.3 Å². The first-order valence-corrected chi connectivity index (χ1v) is 6.35. The Morgan fingerprint density at radius 3 is 1.40 bits per heavy atom. The molecule has 8 heteroatoms. The molecule has 0 fully saturated rings. The van der Waals surface area contributed by atoms with E-state index in [0.29, 0.717) is 13.1 Å². The first kappa shape index (κ1) is 14.0. The number of carbonyl (C=O) groups excluding carboxylic acids is 2. The maximum atomic E-state index is 12.2. The molecule has 0 unspecified atom stereocenters. The lowest BCUT2D eigenvalue weighted by atomic mass is 10.6. The monoisotopic (exact) mass is 280 g/mol. The Morgan fingerprint density at radius 1 is 0.800 bits per heavy atom. The summed E-state index contributed by atoms with van der Waals surface area (Å²) in [5.41, 5.74) is -0.733. The zero-order chi connectivity index (χ0) is 15.2. The lowest BCUT2D eigenvalue weighted by Gasteiger charge is -2.01. The van der Waals surface area contributed by atoms with Gasteiger partial charge in [0.25, 0.3) is 0 Å². The summed E-state index contributed by atoms with van der Waals surface area (Å²) in [7, 11) is 0. The molecule has 0 bridgehead atoms. The fourth-order valence-electron chi connectivity index (χ4n) is 2.43. The van der Waals surface area contributed by atoms with Crippen molar-refractivity contribution in [2.75, 3.05) is 0 Å². The minimum atomic E-state index is -0.737.